The summed E-state index contributed by atoms with van der Waals surface area (Å²) in [6, 6.07) is 1.93. The van der Waals surface area contributed by atoms with Gasteiger partial charge in [-0.2, -0.15) is 4.31 Å². The number of aliphatic hydroxyl groups excluding tert-OH is 1. The minimum atomic E-state index is -3.21. The van der Waals surface area contributed by atoms with Crippen LogP contribution in [0.15, 0.2) is 23.8 Å². The third-order valence-electron chi connectivity index (χ3n) is 3.82. The molecule has 2 aromatic heterocycles. The lowest BCUT2D eigenvalue weighted by molar-refractivity contribution is -0.00978. The van der Waals surface area contributed by atoms with Crippen LogP contribution in [0.5, 0.6) is 0 Å². The van der Waals surface area contributed by atoms with E-state index in [1.807, 2.05) is 22.2 Å². The standard InChI is InChI=1S/C16H19N3O4S2/c1-25(21,22)19-6-8-23-14(11-19)10-18-5-4-17-16(18)15-9-13(12-24-15)3-2-7-20/h4-5,9,12,14,20H,6-8,10-11H2,1H3/t14-/m1/s1. The number of hydrogen-bond acceptors (Lipinski definition) is 6. The molecule has 0 aliphatic carbocycles. The predicted molar refractivity (Wildman–Crippen MR) is 95.7 cm³/mol. The van der Waals surface area contributed by atoms with E-state index in [0.29, 0.717) is 26.2 Å². The summed E-state index contributed by atoms with van der Waals surface area (Å²) >= 11 is 1.52. The van der Waals surface area contributed by atoms with Gasteiger partial charge in [0, 0.05) is 36.4 Å². The molecule has 25 heavy (non-hydrogen) atoms. The second-order valence-electron chi connectivity index (χ2n) is 5.68. The van der Waals surface area contributed by atoms with Gasteiger partial charge in [0.25, 0.3) is 0 Å². The Balaban J connectivity index is 1.75. The summed E-state index contributed by atoms with van der Waals surface area (Å²) in [5, 5.41) is 10.7. The molecule has 3 heterocycles. The summed E-state index contributed by atoms with van der Waals surface area (Å²) in [6.07, 6.45) is 4.57. The fraction of sp³-hybridized carbons (Fsp3) is 0.438. The van der Waals surface area contributed by atoms with Crippen molar-refractivity contribution < 1.29 is 18.3 Å². The Hall–Kier alpha value is -1.70. The molecular weight excluding hydrogens is 362 g/mol. The molecule has 1 saturated heterocycles. The highest BCUT2D eigenvalue weighted by molar-refractivity contribution is 7.88. The van der Waals surface area contributed by atoms with Crippen molar-refractivity contribution in [2.24, 2.45) is 0 Å². The average Bonchev–Trinajstić information content (AvgIpc) is 3.21. The van der Waals surface area contributed by atoms with Crippen molar-refractivity contribution in [1.29, 1.82) is 0 Å². The molecular formula is C16H19N3O4S2. The van der Waals surface area contributed by atoms with E-state index in [9.17, 15) is 8.42 Å². The molecule has 1 aliphatic rings. The normalized spacial score (nSPS) is 18.7. The highest BCUT2D eigenvalue weighted by Crippen LogP contribution is 2.26. The molecule has 0 aromatic carbocycles. The lowest BCUT2D eigenvalue weighted by Crippen LogP contribution is -2.46. The van der Waals surface area contributed by atoms with Crippen molar-refractivity contribution in [2.45, 2.75) is 12.6 Å². The second-order valence-corrected chi connectivity index (χ2v) is 8.57. The fourth-order valence-electron chi connectivity index (χ4n) is 2.67. The number of aromatic nitrogens is 2. The number of thiophene rings is 1. The number of rotatable bonds is 4. The molecule has 1 aliphatic heterocycles. The van der Waals surface area contributed by atoms with Crippen LogP contribution < -0.4 is 0 Å². The molecule has 1 atom stereocenters. The minimum Gasteiger partial charge on any atom is -0.384 e. The average molecular weight is 381 g/mol. The Bertz CT molecular complexity index is 892. The first-order valence-corrected chi connectivity index (χ1v) is 10.5. The van der Waals surface area contributed by atoms with E-state index in [0.717, 1.165) is 16.3 Å². The van der Waals surface area contributed by atoms with Crippen LogP contribution in [0.3, 0.4) is 0 Å². The van der Waals surface area contributed by atoms with Crippen LogP contribution in [0.1, 0.15) is 5.56 Å². The molecule has 0 saturated carbocycles. The largest absolute Gasteiger partial charge is 0.384 e. The molecule has 134 valence electrons. The number of morpholine rings is 1. The van der Waals surface area contributed by atoms with Gasteiger partial charge < -0.3 is 14.4 Å². The Morgan fingerprint density at radius 1 is 1.52 bits per heavy atom. The Morgan fingerprint density at radius 2 is 2.36 bits per heavy atom. The zero-order valence-electron chi connectivity index (χ0n) is 13.8. The summed E-state index contributed by atoms with van der Waals surface area (Å²) in [6.45, 7) is 1.48. The van der Waals surface area contributed by atoms with Crippen molar-refractivity contribution in [3.63, 3.8) is 0 Å². The third kappa shape index (κ3) is 4.48. The molecule has 0 spiro atoms. The molecule has 1 N–H and O–H groups in total. The molecule has 3 rings (SSSR count). The zero-order chi connectivity index (χ0) is 17.9. The van der Waals surface area contributed by atoms with Crippen molar-refractivity contribution >= 4 is 21.4 Å². The van der Waals surface area contributed by atoms with E-state index in [2.05, 4.69) is 16.8 Å². The van der Waals surface area contributed by atoms with E-state index >= 15 is 0 Å². The predicted octanol–water partition coefficient (Wildman–Crippen LogP) is 0.616. The van der Waals surface area contributed by atoms with Gasteiger partial charge in [-0.05, 0) is 6.07 Å². The highest BCUT2D eigenvalue weighted by atomic mass is 32.2. The van der Waals surface area contributed by atoms with Gasteiger partial charge in [-0.25, -0.2) is 13.4 Å². The minimum absolute atomic E-state index is 0.171. The van der Waals surface area contributed by atoms with Gasteiger partial charge in [0.15, 0.2) is 0 Å². The van der Waals surface area contributed by atoms with Crippen molar-refractivity contribution in [2.75, 3.05) is 32.6 Å². The van der Waals surface area contributed by atoms with Crippen LogP contribution in [0.2, 0.25) is 0 Å². The lowest BCUT2D eigenvalue weighted by atomic mass is 10.3. The van der Waals surface area contributed by atoms with Gasteiger partial charge >= 0.3 is 0 Å². The van der Waals surface area contributed by atoms with Crippen LogP contribution in [0, 0.1) is 11.8 Å². The number of sulfonamides is 1. The van der Waals surface area contributed by atoms with Crippen LogP contribution in [0.25, 0.3) is 10.7 Å². The Kier molecular flexibility index (Phi) is 5.56. The van der Waals surface area contributed by atoms with Gasteiger partial charge in [0.2, 0.25) is 10.0 Å². The summed E-state index contributed by atoms with van der Waals surface area (Å²) in [5.41, 5.74) is 0.834. The van der Waals surface area contributed by atoms with Crippen LogP contribution in [0.4, 0.5) is 0 Å². The molecule has 0 amide bonds. The van der Waals surface area contributed by atoms with Gasteiger partial charge in [-0.3, -0.25) is 0 Å². The molecule has 2 aromatic rings. The van der Waals surface area contributed by atoms with Gasteiger partial charge in [0.1, 0.15) is 12.4 Å². The highest BCUT2D eigenvalue weighted by Gasteiger charge is 2.27. The maximum atomic E-state index is 11.7. The van der Waals surface area contributed by atoms with Gasteiger partial charge in [-0.1, -0.05) is 11.8 Å². The van der Waals surface area contributed by atoms with Crippen LogP contribution in [-0.4, -0.2) is 66.0 Å². The van der Waals surface area contributed by atoms with Crippen molar-refractivity contribution in [3.8, 4) is 22.5 Å². The summed E-state index contributed by atoms with van der Waals surface area (Å²) < 4.78 is 32.6. The number of ether oxygens (including phenoxy) is 1. The SMILES string of the molecule is CS(=O)(=O)N1CCO[C@H](Cn2ccnc2-c2cc(C#CCO)cs2)C1. The van der Waals surface area contributed by atoms with E-state index in [1.165, 1.54) is 21.9 Å². The molecule has 0 bridgehead atoms. The number of aliphatic hydroxyl groups is 1. The molecule has 7 nitrogen and oxygen atoms in total. The smallest absolute Gasteiger partial charge is 0.211 e. The maximum absolute atomic E-state index is 11.7. The van der Waals surface area contributed by atoms with E-state index in [1.54, 1.807) is 6.20 Å². The topological polar surface area (TPSA) is 84.7 Å². The lowest BCUT2D eigenvalue weighted by Gasteiger charge is -2.31. The quantitative estimate of drug-likeness (QED) is 0.785. The first-order chi connectivity index (χ1) is 12.0. The Morgan fingerprint density at radius 3 is 3.12 bits per heavy atom. The van der Waals surface area contributed by atoms with Crippen molar-refractivity contribution in [1.82, 2.24) is 13.9 Å². The third-order valence-corrected chi connectivity index (χ3v) is 6.01. The Labute approximate surface area is 150 Å². The summed E-state index contributed by atoms with van der Waals surface area (Å²) in [7, 11) is -3.21. The summed E-state index contributed by atoms with van der Waals surface area (Å²) in [5.74, 6) is 6.29. The number of nitrogens with zero attached hydrogens (tertiary/aromatic N) is 3. The van der Waals surface area contributed by atoms with E-state index in [4.69, 9.17) is 9.84 Å². The molecule has 1 fully saturated rings. The number of imidazole rings is 1. The van der Waals surface area contributed by atoms with E-state index in [-0.39, 0.29) is 12.7 Å². The maximum Gasteiger partial charge on any atom is 0.211 e. The number of hydrogen-bond donors (Lipinski definition) is 1. The molecule has 9 heteroatoms. The summed E-state index contributed by atoms with van der Waals surface area (Å²) in [4.78, 5) is 5.36. The second kappa shape index (κ2) is 7.68. The van der Waals surface area contributed by atoms with Gasteiger partial charge in [-0.15, -0.1) is 11.3 Å². The first kappa shape index (κ1) is 18.1. The monoisotopic (exact) mass is 381 g/mol. The van der Waals surface area contributed by atoms with Crippen LogP contribution >= 0.6 is 11.3 Å². The van der Waals surface area contributed by atoms with Crippen LogP contribution in [-0.2, 0) is 21.3 Å². The molecule has 0 unspecified atom stereocenters. The first-order valence-electron chi connectivity index (χ1n) is 7.74. The van der Waals surface area contributed by atoms with Crippen molar-refractivity contribution in [3.05, 3.63) is 29.4 Å². The fourth-order valence-corrected chi connectivity index (χ4v) is 4.36. The molecule has 0 radical (unpaired) electrons. The zero-order valence-corrected chi connectivity index (χ0v) is 15.4. The van der Waals surface area contributed by atoms with Gasteiger partial charge in [0.05, 0.1) is 30.4 Å². The van der Waals surface area contributed by atoms with E-state index < -0.39 is 10.0 Å².